The van der Waals surface area contributed by atoms with E-state index in [4.69, 9.17) is 25.8 Å². The van der Waals surface area contributed by atoms with E-state index in [1.807, 2.05) is 26.0 Å². The summed E-state index contributed by atoms with van der Waals surface area (Å²) < 4.78 is 15.9. The van der Waals surface area contributed by atoms with Gasteiger partial charge >= 0.3 is 0 Å². The molecule has 0 saturated heterocycles. The average molecular weight is 310 g/mol. The molecule has 5 heteroatoms. The lowest BCUT2D eigenvalue weighted by Gasteiger charge is -2.07. The highest BCUT2D eigenvalue weighted by Crippen LogP contribution is 2.30. The molecule has 21 heavy (non-hydrogen) atoms. The van der Waals surface area contributed by atoms with Crippen LogP contribution in [0.1, 0.15) is 20.8 Å². The van der Waals surface area contributed by atoms with Crippen LogP contribution < -0.4 is 9.47 Å². The second kappa shape index (κ2) is 8.37. The third kappa shape index (κ3) is 5.52. The van der Waals surface area contributed by atoms with Gasteiger partial charge in [0.2, 0.25) is 0 Å². The predicted octanol–water partition coefficient (Wildman–Crippen LogP) is 4.82. The molecule has 1 rings (SSSR count). The Kier molecular flexibility index (Phi) is 6.82. The van der Waals surface area contributed by atoms with Crippen LogP contribution in [0.5, 0.6) is 11.5 Å². The standard InChI is InChI=1S/C16H20ClNO3/c1-11(21-13(3)12(2)17)8-9-18-14-6-7-15(19-4)16(10-14)20-5/h6-10H,1-5H3/b11-8+,13-12-,18-9?. The number of aliphatic imine (C=N–C) groups is 1. The fourth-order valence-corrected chi connectivity index (χ4v) is 1.52. The van der Waals surface area contributed by atoms with Crippen LogP contribution >= 0.6 is 11.6 Å². The summed E-state index contributed by atoms with van der Waals surface area (Å²) >= 11 is 5.83. The summed E-state index contributed by atoms with van der Waals surface area (Å²) in [6.45, 7) is 5.43. The predicted molar refractivity (Wildman–Crippen MR) is 86.8 cm³/mol. The minimum atomic E-state index is 0.625. The van der Waals surface area contributed by atoms with E-state index in [1.54, 1.807) is 39.5 Å². The zero-order valence-electron chi connectivity index (χ0n) is 12.9. The van der Waals surface area contributed by atoms with E-state index in [0.717, 1.165) is 5.69 Å². The van der Waals surface area contributed by atoms with Crippen LogP contribution in [-0.4, -0.2) is 20.4 Å². The Labute approximate surface area is 130 Å². The number of nitrogens with zero attached hydrogens (tertiary/aromatic N) is 1. The first kappa shape index (κ1) is 17.1. The maximum absolute atomic E-state index is 5.83. The van der Waals surface area contributed by atoms with Crippen LogP contribution in [0.25, 0.3) is 0 Å². The highest BCUT2D eigenvalue weighted by Gasteiger charge is 2.03. The van der Waals surface area contributed by atoms with Gasteiger partial charge in [-0.3, -0.25) is 4.99 Å². The van der Waals surface area contributed by atoms with Crippen molar-refractivity contribution in [3.63, 3.8) is 0 Å². The molecular weight excluding hydrogens is 290 g/mol. The molecule has 0 fully saturated rings. The number of ether oxygens (including phenoxy) is 3. The normalized spacial score (nSPS) is 13.1. The molecule has 0 unspecified atom stereocenters. The third-order valence-electron chi connectivity index (χ3n) is 2.70. The van der Waals surface area contributed by atoms with Crippen LogP contribution in [0.2, 0.25) is 0 Å². The van der Waals surface area contributed by atoms with Crippen LogP contribution in [0.15, 0.2) is 45.8 Å². The van der Waals surface area contributed by atoms with Crippen molar-refractivity contribution in [2.45, 2.75) is 20.8 Å². The van der Waals surface area contributed by atoms with Gasteiger partial charge in [-0.1, -0.05) is 11.6 Å². The monoisotopic (exact) mass is 309 g/mol. The molecule has 114 valence electrons. The summed E-state index contributed by atoms with van der Waals surface area (Å²) in [5, 5.41) is 0.625. The molecule has 1 aromatic carbocycles. The van der Waals surface area contributed by atoms with Gasteiger partial charge in [0.15, 0.2) is 11.5 Å². The lowest BCUT2D eigenvalue weighted by molar-refractivity contribution is 0.308. The molecule has 0 N–H and O–H groups in total. The molecule has 0 spiro atoms. The van der Waals surface area contributed by atoms with Crippen molar-refractivity contribution < 1.29 is 14.2 Å². The van der Waals surface area contributed by atoms with E-state index in [0.29, 0.717) is 28.0 Å². The summed E-state index contributed by atoms with van der Waals surface area (Å²) in [4.78, 5) is 4.32. The molecular formula is C16H20ClNO3. The summed E-state index contributed by atoms with van der Waals surface area (Å²) in [5.41, 5.74) is 0.762. The number of benzene rings is 1. The zero-order chi connectivity index (χ0) is 15.8. The summed E-state index contributed by atoms with van der Waals surface area (Å²) in [7, 11) is 3.19. The van der Waals surface area contributed by atoms with Gasteiger partial charge in [0, 0.05) is 12.3 Å². The SMILES string of the molecule is COc1ccc(N=C/C=C(\C)O/C(C)=C(/C)Cl)cc1OC. The molecule has 0 bridgehead atoms. The topological polar surface area (TPSA) is 40.0 Å². The molecule has 0 atom stereocenters. The molecule has 4 nitrogen and oxygen atoms in total. The number of hydrogen-bond acceptors (Lipinski definition) is 4. The highest BCUT2D eigenvalue weighted by atomic mass is 35.5. The average Bonchev–Trinajstić information content (AvgIpc) is 2.46. The van der Waals surface area contributed by atoms with Gasteiger partial charge in [-0.05, 0) is 39.0 Å². The van der Waals surface area contributed by atoms with Crippen molar-refractivity contribution in [1.82, 2.24) is 0 Å². The van der Waals surface area contributed by atoms with Crippen LogP contribution in [0, 0.1) is 0 Å². The third-order valence-corrected chi connectivity index (χ3v) is 2.97. The van der Waals surface area contributed by atoms with E-state index in [1.165, 1.54) is 0 Å². The largest absolute Gasteiger partial charge is 0.493 e. The quantitative estimate of drug-likeness (QED) is 0.559. The molecule has 0 aliphatic heterocycles. The Hall–Kier alpha value is -1.94. The molecule has 0 aromatic heterocycles. The first-order valence-electron chi connectivity index (χ1n) is 6.41. The Bertz CT molecular complexity index is 573. The summed E-state index contributed by atoms with van der Waals surface area (Å²) in [6, 6.07) is 5.45. The first-order valence-corrected chi connectivity index (χ1v) is 6.79. The maximum atomic E-state index is 5.83. The van der Waals surface area contributed by atoms with Crippen molar-refractivity contribution in [2.75, 3.05) is 14.2 Å². The van der Waals surface area contributed by atoms with E-state index in [9.17, 15) is 0 Å². The van der Waals surface area contributed by atoms with Gasteiger partial charge in [0.25, 0.3) is 0 Å². The Morgan fingerprint density at radius 1 is 1.10 bits per heavy atom. The fourth-order valence-electron chi connectivity index (χ4n) is 1.48. The molecule has 0 heterocycles. The molecule has 1 aromatic rings. The molecule has 0 amide bonds. The molecule has 0 aliphatic rings. The van der Waals surface area contributed by atoms with E-state index in [2.05, 4.69) is 4.99 Å². The number of hydrogen-bond donors (Lipinski definition) is 0. The van der Waals surface area contributed by atoms with Crippen molar-refractivity contribution in [3.05, 3.63) is 40.8 Å². The summed E-state index contributed by atoms with van der Waals surface area (Å²) in [5.74, 6) is 2.69. The van der Waals surface area contributed by atoms with Crippen molar-refractivity contribution in [1.29, 1.82) is 0 Å². The van der Waals surface area contributed by atoms with Crippen molar-refractivity contribution in [2.24, 2.45) is 4.99 Å². The van der Waals surface area contributed by atoms with Crippen LogP contribution in [0.3, 0.4) is 0 Å². The van der Waals surface area contributed by atoms with E-state index >= 15 is 0 Å². The smallest absolute Gasteiger partial charge is 0.162 e. The lowest BCUT2D eigenvalue weighted by Crippen LogP contribution is -1.89. The highest BCUT2D eigenvalue weighted by molar-refractivity contribution is 6.29. The minimum Gasteiger partial charge on any atom is -0.493 e. The van der Waals surface area contributed by atoms with Gasteiger partial charge in [0.05, 0.1) is 24.9 Å². The van der Waals surface area contributed by atoms with Gasteiger partial charge in [-0.15, -0.1) is 0 Å². The number of methoxy groups -OCH3 is 2. The Morgan fingerprint density at radius 2 is 1.76 bits per heavy atom. The first-order chi connectivity index (χ1) is 9.97. The summed E-state index contributed by atoms with van der Waals surface area (Å²) in [6.07, 6.45) is 3.42. The molecule has 0 aliphatic carbocycles. The number of allylic oxidation sites excluding steroid dienone is 4. The van der Waals surface area contributed by atoms with Crippen LogP contribution in [-0.2, 0) is 4.74 Å². The molecule has 0 saturated carbocycles. The fraction of sp³-hybridized carbons (Fsp3) is 0.312. The maximum Gasteiger partial charge on any atom is 0.162 e. The molecule has 0 radical (unpaired) electrons. The van der Waals surface area contributed by atoms with Crippen molar-refractivity contribution >= 4 is 23.5 Å². The Balaban J connectivity index is 2.79. The number of halogens is 1. The minimum absolute atomic E-state index is 0.625. The van der Waals surface area contributed by atoms with Crippen molar-refractivity contribution in [3.8, 4) is 11.5 Å². The van der Waals surface area contributed by atoms with Gasteiger partial charge < -0.3 is 14.2 Å². The second-order valence-electron chi connectivity index (χ2n) is 4.29. The van der Waals surface area contributed by atoms with Gasteiger partial charge in [-0.2, -0.15) is 0 Å². The van der Waals surface area contributed by atoms with E-state index in [-0.39, 0.29) is 0 Å². The van der Waals surface area contributed by atoms with Gasteiger partial charge in [-0.25, -0.2) is 0 Å². The number of rotatable bonds is 6. The van der Waals surface area contributed by atoms with Crippen LogP contribution in [0.4, 0.5) is 5.69 Å². The zero-order valence-corrected chi connectivity index (χ0v) is 13.7. The second-order valence-corrected chi connectivity index (χ2v) is 4.85. The van der Waals surface area contributed by atoms with E-state index < -0.39 is 0 Å². The van der Waals surface area contributed by atoms with Gasteiger partial charge in [0.1, 0.15) is 11.5 Å². The lowest BCUT2D eigenvalue weighted by atomic mass is 10.3. The Morgan fingerprint density at radius 3 is 2.33 bits per heavy atom.